The number of sulfonamides is 1. The summed E-state index contributed by atoms with van der Waals surface area (Å²) in [6.45, 7) is 3.23. The van der Waals surface area contributed by atoms with E-state index in [0.717, 1.165) is 38.6 Å². The van der Waals surface area contributed by atoms with Gasteiger partial charge in [0.05, 0.1) is 17.4 Å². The van der Waals surface area contributed by atoms with Crippen LogP contribution in [-0.2, 0) is 15.6 Å². The predicted octanol–water partition coefficient (Wildman–Crippen LogP) is 4.07. The van der Waals surface area contributed by atoms with Gasteiger partial charge in [-0.15, -0.1) is 0 Å². The van der Waals surface area contributed by atoms with Crippen LogP contribution in [0, 0.1) is 5.92 Å². The number of nitrogens with zero attached hydrogens (tertiary/aromatic N) is 1. The van der Waals surface area contributed by atoms with E-state index < -0.39 is 15.6 Å². The molecular formula is C25H32N2O3S. The molecule has 2 aromatic rings. The van der Waals surface area contributed by atoms with Gasteiger partial charge in [-0.25, -0.2) is 8.42 Å². The maximum atomic E-state index is 11.6. The van der Waals surface area contributed by atoms with Crippen molar-refractivity contribution in [1.82, 2.24) is 4.90 Å². The van der Waals surface area contributed by atoms with Crippen LogP contribution in [0.3, 0.4) is 0 Å². The summed E-state index contributed by atoms with van der Waals surface area (Å²) in [6, 6.07) is 18.9. The van der Waals surface area contributed by atoms with Crippen LogP contribution in [0.15, 0.2) is 54.6 Å². The Bertz CT molecular complexity index is 1050. The Morgan fingerprint density at radius 2 is 1.87 bits per heavy atom. The Labute approximate surface area is 185 Å². The van der Waals surface area contributed by atoms with Crippen LogP contribution in [-0.4, -0.2) is 42.9 Å². The highest BCUT2D eigenvalue weighted by atomic mass is 32.2. The highest BCUT2D eigenvalue weighted by Gasteiger charge is 2.66. The maximum absolute atomic E-state index is 11.6. The monoisotopic (exact) mass is 440 g/mol. The zero-order valence-electron chi connectivity index (χ0n) is 18.3. The molecule has 4 atom stereocenters. The van der Waals surface area contributed by atoms with E-state index in [1.54, 1.807) is 6.07 Å². The van der Waals surface area contributed by atoms with Gasteiger partial charge in [-0.05, 0) is 67.2 Å². The van der Waals surface area contributed by atoms with Crippen molar-refractivity contribution in [2.75, 3.05) is 17.5 Å². The van der Waals surface area contributed by atoms with Crippen molar-refractivity contribution in [3.05, 3.63) is 65.7 Å². The Balaban J connectivity index is 1.22. The molecule has 5 rings (SSSR count). The minimum atomic E-state index is -3.29. The van der Waals surface area contributed by atoms with E-state index >= 15 is 0 Å². The normalized spacial score (nSPS) is 36.5. The van der Waals surface area contributed by atoms with Gasteiger partial charge in [0.25, 0.3) is 0 Å². The number of piperidine rings is 1. The third-order valence-electron chi connectivity index (χ3n) is 7.78. The minimum absolute atomic E-state index is 0.0144. The van der Waals surface area contributed by atoms with Crippen molar-refractivity contribution >= 4 is 15.7 Å². The second-order valence-electron chi connectivity index (χ2n) is 9.95. The molecule has 1 aliphatic carbocycles. The molecular weight excluding hydrogens is 408 g/mol. The summed E-state index contributed by atoms with van der Waals surface area (Å²) in [5.41, 5.74) is 2.67. The molecule has 3 fully saturated rings. The van der Waals surface area contributed by atoms with Crippen LogP contribution in [0.25, 0.3) is 0 Å². The molecule has 31 heavy (non-hydrogen) atoms. The molecule has 1 saturated carbocycles. The fraction of sp³-hybridized carbons (Fsp3) is 0.520. The summed E-state index contributed by atoms with van der Waals surface area (Å²) in [6.07, 6.45) is 5.93. The van der Waals surface area contributed by atoms with Crippen LogP contribution in [0.2, 0.25) is 0 Å². The number of hydrogen-bond acceptors (Lipinski definition) is 4. The zero-order chi connectivity index (χ0) is 21.9. The molecule has 2 heterocycles. The SMILES string of the molecule is CCC1(c2cccc(NS(C)(=O)=O)c2)C2CC(C[C@]3(O)C[C@H](c4ccccc4)C3)CN21. The summed E-state index contributed by atoms with van der Waals surface area (Å²) >= 11 is 0. The van der Waals surface area contributed by atoms with Crippen molar-refractivity contribution in [3.63, 3.8) is 0 Å². The van der Waals surface area contributed by atoms with Crippen LogP contribution in [0.5, 0.6) is 0 Å². The first-order valence-corrected chi connectivity index (χ1v) is 13.2. The van der Waals surface area contributed by atoms with Crippen LogP contribution < -0.4 is 4.72 Å². The lowest BCUT2D eigenvalue weighted by Gasteiger charge is -2.45. The zero-order valence-corrected chi connectivity index (χ0v) is 19.1. The average molecular weight is 441 g/mol. The van der Waals surface area contributed by atoms with Gasteiger partial charge in [0.2, 0.25) is 10.0 Å². The van der Waals surface area contributed by atoms with Crippen LogP contribution in [0.1, 0.15) is 56.1 Å². The molecule has 2 N–H and O–H groups in total. The van der Waals surface area contributed by atoms with Crippen molar-refractivity contribution in [1.29, 1.82) is 0 Å². The van der Waals surface area contributed by atoms with Gasteiger partial charge in [0.15, 0.2) is 0 Å². The number of anilines is 1. The lowest BCUT2D eigenvalue weighted by molar-refractivity contribution is -0.0673. The second kappa shape index (κ2) is 7.32. The first-order valence-electron chi connectivity index (χ1n) is 11.3. The molecule has 2 aliphatic heterocycles. The van der Waals surface area contributed by atoms with Gasteiger partial charge in [-0.1, -0.05) is 49.4 Å². The van der Waals surface area contributed by atoms with Gasteiger partial charge >= 0.3 is 0 Å². The number of nitrogens with one attached hydrogen (secondary N) is 1. The van der Waals surface area contributed by atoms with Crippen LogP contribution in [0.4, 0.5) is 5.69 Å². The molecule has 5 nitrogen and oxygen atoms in total. The van der Waals surface area contributed by atoms with Gasteiger partial charge in [0.1, 0.15) is 0 Å². The Hall–Kier alpha value is -1.89. The molecule has 0 radical (unpaired) electrons. The van der Waals surface area contributed by atoms with Gasteiger partial charge in [-0.3, -0.25) is 9.62 Å². The molecule has 0 bridgehead atoms. The highest BCUT2D eigenvalue weighted by Crippen LogP contribution is 2.61. The maximum Gasteiger partial charge on any atom is 0.229 e. The van der Waals surface area contributed by atoms with Crippen molar-refractivity contribution in [2.24, 2.45) is 5.92 Å². The summed E-state index contributed by atoms with van der Waals surface area (Å²) in [7, 11) is -3.29. The number of aliphatic hydroxyl groups is 1. The first-order chi connectivity index (χ1) is 14.7. The summed E-state index contributed by atoms with van der Waals surface area (Å²) in [4.78, 5) is 2.56. The summed E-state index contributed by atoms with van der Waals surface area (Å²) < 4.78 is 25.8. The van der Waals surface area contributed by atoms with Gasteiger partial charge < -0.3 is 5.11 Å². The van der Waals surface area contributed by atoms with Crippen molar-refractivity contribution in [2.45, 2.75) is 62.1 Å². The molecule has 0 aromatic heterocycles. The number of fused-ring (bicyclic) bond motifs is 1. The lowest BCUT2D eigenvalue weighted by Crippen LogP contribution is -2.44. The van der Waals surface area contributed by atoms with E-state index in [1.807, 2.05) is 18.2 Å². The van der Waals surface area contributed by atoms with E-state index in [-0.39, 0.29) is 5.54 Å². The molecule has 166 valence electrons. The second-order valence-corrected chi connectivity index (χ2v) is 11.7. The highest BCUT2D eigenvalue weighted by molar-refractivity contribution is 7.92. The third-order valence-corrected chi connectivity index (χ3v) is 8.39. The molecule has 2 saturated heterocycles. The average Bonchev–Trinajstić information content (AvgIpc) is 3.09. The van der Waals surface area contributed by atoms with E-state index in [2.05, 4.69) is 46.9 Å². The van der Waals surface area contributed by atoms with Crippen LogP contribution >= 0.6 is 0 Å². The lowest BCUT2D eigenvalue weighted by atomic mass is 9.64. The molecule has 3 aliphatic rings. The van der Waals surface area contributed by atoms with E-state index in [4.69, 9.17) is 0 Å². The number of rotatable bonds is 7. The molecule has 4 unspecified atom stereocenters. The van der Waals surface area contributed by atoms with E-state index in [9.17, 15) is 13.5 Å². The number of benzene rings is 2. The first kappa shape index (κ1) is 21.0. The number of hydrogen-bond donors (Lipinski definition) is 2. The molecule has 0 spiro atoms. The van der Waals surface area contributed by atoms with E-state index in [1.165, 1.54) is 17.4 Å². The predicted molar refractivity (Wildman–Crippen MR) is 123 cm³/mol. The fourth-order valence-electron chi connectivity index (χ4n) is 6.47. The Kier molecular flexibility index (Phi) is 4.96. The Morgan fingerprint density at radius 3 is 2.48 bits per heavy atom. The minimum Gasteiger partial charge on any atom is -0.390 e. The third kappa shape index (κ3) is 3.79. The standard InChI is InChI=1S/C25H32N2O3S/c1-3-25(21-10-7-11-22(13-21)26-31(2,29)30)23-12-18(17-27(23)25)14-24(28)15-20(16-24)19-8-5-4-6-9-19/h4-11,13,18,20,23,26,28H,3,12,14-17H2,1-2H3/t18?,20-,23?,24-,25?,27?. The molecule has 2 aromatic carbocycles. The molecule has 0 amide bonds. The topological polar surface area (TPSA) is 69.4 Å². The Morgan fingerprint density at radius 1 is 1.13 bits per heavy atom. The summed E-state index contributed by atoms with van der Waals surface area (Å²) in [5.74, 6) is 1.02. The largest absolute Gasteiger partial charge is 0.390 e. The van der Waals surface area contributed by atoms with Gasteiger partial charge in [-0.2, -0.15) is 0 Å². The van der Waals surface area contributed by atoms with Crippen molar-refractivity contribution < 1.29 is 13.5 Å². The molecule has 6 heteroatoms. The smallest absolute Gasteiger partial charge is 0.229 e. The quantitative estimate of drug-likeness (QED) is 0.637. The fourth-order valence-corrected chi connectivity index (χ4v) is 7.03. The van der Waals surface area contributed by atoms with Crippen molar-refractivity contribution in [3.8, 4) is 0 Å². The van der Waals surface area contributed by atoms with Gasteiger partial charge in [0, 0.05) is 18.3 Å². The summed E-state index contributed by atoms with van der Waals surface area (Å²) in [5, 5.41) is 11.1. The van der Waals surface area contributed by atoms with E-state index in [0.29, 0.717) is 23.6 Å².